The van der Waals surface area contributed by atoms with Crippen molar-refractivity contribution in [3.05, 3.63) is 0 Å². The van der Waals surface area contributed by atoms with E-state index in [1.807, 2.05) is 7.11 Å². The van der Waals surface area contributed by atoms with Crippen molar-refractivity contribution >= 4 is 28.1 Å². The molecule has 0 spiro atoms. The molecule has 0 heterocycles. The zero-order valence-electron chi connectivity index (χ0n) is 6.49. The standard InChI is InChI=1S/C5H13OSi3/c1-6-9(4)5(7-2)8-3/h5H,1-4H3. The molecule has 0 rings (SSSR count). The Balaban J connectivity index is 3.50. The fraction of sp³-hybridized carbons (Fsp3) is 1.00. The van der Waals surface area contributed by atoms with E-state index in [-0.39, 0.29) is 0 Å². The fourth-order valence-electron chi connectivity index (χ4n) is 0.669. The second-order valence-corrected chi connectivity index (χ2v) is 8.07. The number of rotatable bonds is 4. The summed E-state index contributed by atoms with van der Waals surface area (Å²) in [7, 11) is 3.53. The molecule has 0 bridgehead atoms. The van der Waals surface area contributed by atoms with Crippen molar-refractivity contribution in [1.82, 2.24) is 0 Å². The van der Waals surface area contributed by atoms with Crippen LogP contribution in [0.3, 0.4) is 0 Å². The van der Waals surface area contributed by atoms with Crippen molar-refractivity contribution in [2.45, 2.75) is 24.4 Å². The summed E-state index contributed by atoms with van der Waals surface area (Å²) in [6, 6.07) is 0. The molecular formula is C5H13OSi3. The van der Waals surface area contributed by atoms with Gasteiger partial charge in [-0.1, -0.05) is 13.1 Å². The predicted molar refractivity (Wildman–Crippen MR) is 45.6 cm³/mol. The smallest absolute Gasteiger partial charge is 0.204 e. The first-order chi connectivity index (χ1) is 4.26. The third-order valence-corrected chi connectivity index (χ3v) is 9.82. The Morgan fingerprint density at radius 1 is 1.33 bits per heavy atom. The summed E-state index contributed by atoms with van der Waals surface area (Å²) in [5, 5.41) is 0. The zero-order valence-corrected chi connectivity index (χ0v) is 9.49. The van der Waals surface area contributed by atoms with Crippen LogP contribution in [0.4, 0.5) is 0 Å². The molecule has 0 aromatic carbocycles. The minimum absolute atomic E-state index is 0.444. The molecule has 51 valence electrons. The van der Waals surface area contributed by atoms with E-state index in [9.17, 15) is 0 Å². The van der Waals surface area contributed by atoms with Gasteiger partial charge in [-0.05, 0) is 11.3 Å². The molecule has 0 saturated carbocycles. The predicted octanol–water partition coefficient (Wildman–Crippen LogP) is 1.04. The summed E-state index contributed by atoms with van der Waals surface area (Å²) in [4.78, 5) is 0.903. The molecule has 0 atom stereocenters. The number of hydrogen-bond acceptors (Lipinski definition) is 1. The first-order valence-corrected chi connectivity index (χ1v) is 8.12. The topological polar surface area (TPSA) is 9.23 Å². The molecule has 0 aliphatic carbocycles. The first kappa shape index (κ1) is 9.61. The van der Waals surface area contributed by atoms with Crippen molar-refractivity contribution in [1.29, 1.82) is 0 Å². The van der Waals surface area contributed by atoms with E-state index in [1.165, 1.54) is 0 Å². The molecule has 5 radical (unpaired) electrons. The SMILES string of the molecule is CO[Si](C)C([Si]C)[Si]C. The average molecular weight is 173 g/mol. The first-order valence-electron chi connectivity index (χ1n) is 2.98. The molecule has 0 amide bonds. The Kier molecular flexibility index (Phi) is 5.77. The lowest BCUT2D eigenvalue weighted by molar-refractivity contribution is 0.426. The Bertz CT molecular complexity index is 65.2. The van der Waals surface area contributed by atoms with E-state index in [1.54, 1.807) is 0 Å². The Morgan fingerprint density at radius 3 is 1.89 bits per heavy atom. The third kappa shape index (κ3) is 3.34. The highest BCUT2D eigenvalue weighted by molar-refractivity contribution is 6.80. The molecule has 9 heavy (non-hydrogen) atoms. The van der Waals surface area contributed by atoms with Crippen LogP contribution in [-0.2, 0) is 4.43 Å². The van der Waals surface area contributed by atoms with E-state index in [0.717, 1.165) is 23.8 Å². The maximum Gasteiger partial charge on any atom is 0.204 e. The molecule has 0 aromatic rings. The molecule has 0 aliphatic rings. The summed E-state index contributed by atoms with van der Waals surface area (Å²) in [5.41, 5.74) is 0. The average Bonchev–Trinajstić information content (AvgIpc) is 1.90. The lowest BCUT2D eigenvalue weighted by Gasteiger charge is -2.14. The van der Waals surface area contributed by atoms with Gasteiger partial charge in [0.15, 0.2) is 0 Å². The zero-order chi connectivity index (χ0) is 7.28. The highest BCUT2D eigenvalue weighted by atomic mass is 28.4. The quantitative estimate of drug-likeness (QED) is 0.577. The van der Waals surface area contributed by atoms with Crippen LogP contribution in [0.25, 0.3) is 0 Å². The van der Waals surface area contributed by atoms with Crippen LogP contribution in [0.1, 0.15) is 0 Å². The minimum atomic E-state index is -0.444. The van der Waals surface area contributed by atoms with Crippen LogP contribution in [0.5, 0.6) is 0 Å². The normalized spacial score (nSPS) is 11.3. The van der Waals surface area contributed by atoms with Crippen LogP contribution >= 0.6 is 0 Å². The summed E-state index contributed by atoms with van der Waals surface area (Å²) in [6.07, 6.45) is 0. The van der Waals surface area contributed by atoms with Crippen molar-refractivity contribution < 1.29 is 4.43 Å². The molecule has 0 unspecified atom stereocenters. The van der Waals surface area contributed by atoms with E-state index < -0.39 is 9.04 Å². The second kappa shape index (κ2) is 5.40. The fourth-order valence-corrected chi connectivity index (χ4v) is 6.02. The Labute approximate surface area is 64.6 Å². The van der Waals surface area contributed by atoms with Crippen molar-refractivity contribution in [2.24, 2.45) is 0 Å². The van der Waals surface area contributed by atoms with Gasteiger partial charge in [-0.3, -0.25) is 0 Å². The lowest BCUT2D eigenvalue weighted by Crippen LogP contribution is -2.26. The molecular weight excluding hydrogens is 160 g/mol. The van der Waals surface area contributed by atoms with Gasteiger partial charge in [0.1, 0.15) is 0 Å². The van der Waals surface area contributed by atoms with Crippen LogP contribution in [0, 0.1) is 0 Å². The van der Waals surface area contributed by atoms with Crippen LogP contribution in [0.15, 0.2) is 0 Å². The van der Waals surface area contributed by atoms with Crippen LogP contribution in [-0.4, -0.2) is 35.2 Å². The van der Waals surface area contributed by atoms with Gasteiger partial charge in [0.05, 0.1) is 0 Å². The van der Waals surface area contributed by atoms with Gasteiger partial charge in [0.25, 0.3) is 0 Å². The molecule has 0 saturated heterocycles. The third-order valence-electron chi connectivity index (χ3n) is 1.31. The highest BCUT2D eigenvalue weighted by Gasteiger charge is 2.15. The molecule has 0 aromatic heterocycles. The van der Waals surface area contributed by atoms with Crippen LogP contribution < -0.4 is 0 Å². The van der Waals surface area contributed by atoms with Crippen molar-refractivity contribution in [3.8, 4) is 0 Å². The second-order valence-electron chi connectivity index (χ2n) is 1.83. The van der Waals surface area contributed by atoms with Gasteiger partial charge in [-0.2, -0.15) is 0 Å². The van der Waals surface area contributed by atoms with Crippen molar-refractivity contribution in [2.75, 3.05) is 7.11 Å². The summed E-state index contributed by atoms with van der Waals surface area (Å²) >= 11 is 0. The van der Waals surface area contributed by atoms with Gasteiger partial charge in [0.2, 0.25) is 9.04 Å². The lowest BCUT2D eigenvalue weighted by atomic mass is 11.8. The van der Waals surface area contributed by atoms with Gasteiger partial charge in [-0.25, -0.2) is 0 Å². The van der Waals surface area contributed by atoms with Gasteiger partial charge < -0.3 is 4.43 Å². The van der Waals surface area contributed by atoms with E-state index in [2.05, 4.69) is 19.6 Å². The Hall–Kier alpha value is 0.611. The highest BCUT2D eigenvalue weighted by Crippen LogP contribution is 2.05. The molecule has 1 nitrogen and oxygen atoms in total. The molecule has 0 N–H and O–H groups in total. The molecule has 0 fully saturated rings. The summed E-state index contributed by atoms with van der Waals surface area (Å²) in [5.74, 6) is 0. The number of hydrogen-bond donors (Lipinski definition) is 0. The van der Waals surface area contributed by atoms with E-state index in [0.29, 0.717) is 0 Å². The monoisotopic (exact) mass is 173 g/mol. The van der Waals surface area contributed by atoms with Gasteiger partial charge in [-0.15, -0.1) is 0 Å². The largest absolute Gasteiger partial charge is 0.420 e. The van der Waals surface area contributed by atoms with Gasteiger partial charge >= 0.3 is 0 Å². The molecule has 0 aliphatic heterocycles. The van der Waals surface area contributed by atoms with Gasteiger partial charge in [0, 0.05) is 26.1 Å². The maximum absolute atomic E-state index is 5.31. The Morgan fingerprint density at radius 2 is 1.78 bits per heavy atom. The maximum atomic E-state index is 5.31. The summed E-state index contributed by atoms with van der Waals surface area (Å²) in [6.45, 7) is 6.80. The van der Waals surface area contributed by atoms with Crippen LogP contribution in [0.2, 0.25) is 24.4 Å². The van der Waals surface area contributed by atoms with Crippen molar-refractivity contribution in [3.63, 3.8) is 0 Å². The van der Waals surface area contributed by atoms with E-state index in [4.69, 9.17) is 4.43 Å². The molecule has 4 heteroatoms. The minimum Gasteiger partial charge on any atom is -0.420 e. The van der Waals surface area contributed by atoms with E-state index >= 15 is 0 Å². The summed E-state index contributed by atoms with van der Waals surface area (Å²) < 4.78 is 5.31.